The predicted molar refractivity (Wildman–Crippen MR) is 76.7 cm³/mol. The maximum atomic E-state index is 13.3. The second-order valence-corrected chi connectivity index (χ2v) is 5.50. The molecule has 1 aromatic heterocycles. The molecule has 3 rings (SSSR count). The quantitative estimate of drug-likeness (QED) is 0.771. The van der Waals surface area contributed by atoms with E-state index >= 15 is 0 Å². The lowest BCUT2D eigenvalue weighted by Crippen LogP contribution is -1.94. The lowest BCUT2D eigenvalue weighted by molar-refractivity contribution is 0.0697. The second kappa shape index (κ2) is 4.68. The van der Waals surface area contributed by atoms with Crippen molar-refractivity contribution in [3.63, 3.8) is 0 Å². The van der Waals surface area contributed by atoms with Crippen LogP contribution in [0.5, 0.6) is 0 Å². The molecule has 0 atom stereocenters. The standard InChI is InChI=1S/C15H10FNO2S/c1-8-6-9(2-4-11(8)16)14-17-12-5-3-10(15(18)19)7-13(12)20-14/h2-7H,1H3,(H,18,19). The van der Waals surface area contributed by atoms with Crippen LogP contribution < -0.4 is 0 Å². The molecule has 0 aliphatic carbocycles. The second-order valence-electron chi connectivity index (χ2n) is 4.47. The maximum absolute atomic E-state index is 13.3. The molecule has 0 aliphatic rings. The molecule has 1 heterocycles. The van der Waals surface area contributed by atoms with Gasteiger partial charge in [-0.1, -0.05) is 0 Å². The van der Waals surface area contributed by atoms with Crippen molar-refractivity contribution in [3.8, 4) is 10.6 Å². The number of carboxylic acid groups (broad SMARTS) is 1. The summed E-state index contributed by atoms with van der Waals surface area (Å²) in [6.45, 7) is 1.70. The Morgan fingerprint density at radius 3 is 2.75 bits per heavy atom. The summed E-state index contributed by atoms with van der Waals surface area (Å²) in [4.78, 5) is 15.4. The van der Waals surface area contributed by atoms with Gasteiger partial charge >= 0.3 is 5.97 Å². The molecule has 5 heteroatoms. The zero-order valence-electron chi connectivity index (χ0n) is 10.6. The lowest BCUT2D eigenvalue weighted by Gasteiger charge is -1.99. The van der Waals surface area contributed by atoms with Gasteiger partial charge in [-0.05, 0) is 48.9 Å². The Labute approximate surface area is 118 Å². The highest BCUT2D eigenvalue weighted by Crippen LogP contribution is 2.31. The SMILES string of the molecule is Cc1cc(-c2nc3ccc(C(=O)O)cc3s2)ccc1F. The molecule has 1 N–H and O–H groups in total. The van der Waals surface area contributed by atoms with Crippen molar-refractivity contribution in [1.82, 2.24) is 4.98 Å². The van der Waals surface area contributed by atoms with Gasteiger partial charge in [-0.25, -0.2) is 14.2 Å². The number of carboxylic acids is 1. The molecule has 0 aliphatic heterocycles. The van der Waals surface area contributed by atoms with E-state index in [2.05, 4.69) is 4.98 Å². The summed E-state index contributed by atoms with van der Waals surface area (Å²) < 4.78 is 14.1. The van der Waals surface area contributed by atoms with Crippen LogP contribution in [0.3, 0.4) is 0 Å². The number of aromatic carboxylic acids is 1. The van der Waals surface area contributed by atoms with Crippen LogP contribution in [0.1, 0.15) is 15.9 Å². The van der Waals surface area contributed by atoms with Crippen molar-refractivity contribution in [2.24, 2.45) is 0 Å². The highest BCUT2D eigenvalue weighted by Gasteiger charge is 2.10. The molecular weight excluding hydrogens is 277 g/mol. The zero-order chi connectivity index (χ0) is 14.3. The Kier molecular flexibility index (Phi) is 2.99. The van der Waals surface area contributed by atoms with Crippen molar-refractivity contribution in [2.45, 2.75) is 6.92 Å². The van der Waals surface area contributed by atoms with Crippen LogP contribution in [0.4, 0.5) is 4.39 Å². The Morgan fingerprint density at radius 1 is 1.25 bits per heavy atom. The van der Waals surface area contributed by atoms with Crippen LogP contribution in [0, 0.1) is 12.7 Å². The summed E-state index contributed by atoms with van der Waals surface area (Å²) in [6, 6.07) is 9.66. The van der Waals surface area contributed by atoms with Gasteiger partial charge in [0.25, 0.3) is 0 Å². The number of hydrogen-bond acceptors (Lipinski definition) is 3. The number of aryl methyl sites for hydroxylation is 1. The molecule has 3 nitrogen and oxygen atoms in total. The predicted octanol–water partition coefficient (Wildman–Crippen LogP) is 4.11. The molecule has 3 aromatic rings. The molecule has 100 valence electrons. The van der Waals surface area contributed by atoms with Crippen molar-refractivity contribution >= 4 is 27.5 Å². The first-order valence-corrected chi connectivity index (χ1v) is 6.76. The van der Waals surface area contributed by atoms with Crippen molar-refractivity contribution in [1.29, 1.82) is 0 Å². The fourth-order valence-electron chi connectivity index (χ4n) is 1.96. The Balaban J connectivity index is 2.12. The highest BCUT2D eigenvalue weighted by molar-refractivity contribution is 7.21. The molecule has 0 saturated carbocycles. The first-order chi connectivity index (χ1) is 9.54. The molecule has 0 fully saturated rings. The summed E-state index contributed by atoms with van der Waals surface area (Å²) in [5.41, 5.74) is 2.38. The molecule has 0 amide bonds. The molecule has 0 bridgehead atoms. The van der Waals surface area contributed by atoms with Gasteiger partial charge < -0.3 is 5.11 Å². The molecule has 0 radical (unpaired) electrons. The number of thiazole rings is 1. The highest BCUT2D eigenvalue weighted by atomic mass is 32.1. The zero-order valence-corrected chi connectivity index (χ0v) is 11.4. The van der Waals surface area contributed by atoms with Crippen molar-refractivity contribution in [3.05, 3.63) is 53.3 Å². The number of rotatable bonds is 2. The number of halogens is 1. The average Bonchev–Trinajstić information content (AvgIpc) is 2.84. The lowest BCUT2D eigenvalue weighted by atomic mass is 10.1. The van der Waals surface area contributed by atoms with Gasteiger partial charge in [-0.2, -0.15) is 0 Å². The summed E-state index contributed by atoms with van der Waals surface area (Å²) in [5, 5.41) is 9.73. The summed E-state index contributed by atoms with van der Waals surface area (Å²) in [7, 11) is 0. The van der Waals surface area contributed by atoms with Crippen LogP contribution in [0.25, 0.3) is 20.8 Å². The summed E-state index contributed by atoms with van der Waals surface area (Å²) >= 11 is 1.40. The number of fused-ring (bicyclic) bond motifs is 1. The minimum Gasteiger partial charge on any atom is -0.478 e. The summed E-state index contributed by atoms with van der Waals surface area (Å²) in [5.74, 6) is -1.21. The van der Waals surface area contributed by atoms with Crippen molar-refractivity contribution < 1.29 is 14.3 Å². The number of carbonyl (C=O) groups is 1. The Hall–Kier alpha value is -2.27. The number of benzene rings is 2. The Bertz CT molecular complexity index is 826. The fourth-order valence-corrected chi connectivity index (χ4v) is 2.96. The van der Waals surface area contributed by atoms with E-state index < -0.39 is 5.97 Å². The van der Waals surface area contributed by atoms with Gasteiger partial charge in [-0.15, -0.1) is 11.3 Å². The van der Waals surface area contributed by atoms with Gasteiger partial charge in [0, 0.05) is 5.56 Å². The maximum Gasteiger partial charge on any atom is 0.335 e. The largest absolute Gasteiger partial charge is 0.478 e. The fraction of sp³-hybridized carbons (Fsp3) is 0.0667. The first-order valence-electron chi connectivity index (χ1n) is 5.95. The monoisotopic (exact) mass is 287 g/mol. The van der Waals surface area contributed by atoms with Gasteiger partial charge in [0.15, 0.2) is 0 Å². The first kappa shape index (κ1) is 12.7. The molecular formula is C15H10FNO2S. The van der Waals surface area contributed by atoms with E-state index in [1.165, 1.54) is 23.5 Å². The van der Waals surface area contributed by atoms with E-state index in [0.717, 1.165) is 20.8 Å². The van der Waals surface area contributed by atoms with E-state index in [9.17, 15) is 9.18 Å². The smallest absolute Gasteiger partial charge is 0.335 e. The number of nitrogens with zero attached hydrogens (tertiary/aromatic N) is 1. The molecule has 2 aromatic carbocycles. The molecule has 0 unspecified atom stereocenters. The minimum atomic E-state index is -0.959. The van der Waals surface area contributed by atoms with E-state index in [1.54, 1.807) is 31.2 Å². The molecule has 20 heavy (non-hydrogen) atoms. The Morgan fingerprint density at radius 2 is 2.05 bits per heavy atom. The minimum absolute atomic E-state index is 0.239. The van der Waals surface area contributed by atoms with Gasteiger partial charge in [-0.3, -0.25) is 0 Å². The van der Waals surface area contributed by atoms with Gasteiger partial charge in [0.2, 0.25) is 0 Å². The van der Waals surface area contributed by atoms with E-state index in [0.29, 0.717) is 5.56 Å². The van der Waals surface area contributed by atoms with Crippen LogP contribution >= 0.6 is 11.3 Å². The average molecular weight is 287 g/mol. The van der Waals surface area contributed by atoms with Crippen LogP contribution in [0.15, 0.2) is 36.4 Å². The topological polar surface area (TPSA) is 50.2 Å². The van der Waals surface area contributed by atoms with Crippen LogP contribution in [-0.2, 0) is 0 Å². The van der Waals surface area contributed by atoms with Gasteiger partial charge in [0.1, 0.15) is 10.8 Å². The number of hydrogen-bond donors (Lipinski definition) is 1. The van der Waals surface area contributed by atoms with E-state index in [-0.39, 0.29) is 11.4 Å². The third-order valence-corrected chi connectivity index (χ3v) is 4.11. The van der Waals surface area contributed by atoms with E-state index in [4.69, 9.17) is 5.11 Å². The van der Waals surface area contributed by atoms with Gasteiger partial charge in [0.05, 0.1) is 15.8 Å². The van der Waals surface area contributed by atoms with Crippen LogP contribution in [-0.4, -0.2) is 16.1 Å². The van der Waals surface area contributed by atoms with E-state index in [1.807, 2.05) is 0 Å². The van der Waals surface area contributed by atoms with Crippen molar-refractivity contribution in [2.75, 3.05) is 0 Å². The molecule has 0 spiro atoms. The normalized spacial score (nSPS) is 10.9. The third kappa shape index (κ3) is 2.16. The number of aromatic nitrogens is 1. The molecule has 0 saturated heterocycles. The third-order valence-electron chi connectivity index (χ3n) is 3.04. The van der Waals surface area contributed by atoms with Crippen LogP contribution in [0.2, 0.25) is 0 Å². The summed E-state index contributed by atoms with van der Waals surface area (Å²) in [6.07, 6.45) is 0.